The van der Waals surface area contributed by atoms with Gasteiger partial charge in [-0.25, -0.2) is 19.9 Å². The molecule has 0 amide bonds. The fraction of sp³-hybridized carbons (Fsp3) is 0. The van der Waals surface area contributed by atoms with Gasteiger partial charge in [-0.3, -0.25) is 19.9 Å². The quantitative estimate of drug-likeness (QED) is 0.137. The van der Waals surface area contributed by atoms with Crippen molar-refractivity contribution in [2.24, 2.45) is 0 Å². The lowest BCUT2D eigenvalue weighted by molar-refractivity contribution is 1.14. The SMILES string of the molecule is c1ccc(-c2nc(-c3cccnc3)cc(-c3cc(N4c5ccccc5Sc5ccccc54)ccc3-c3ccc(N4c5ccccc5Sc5ccccc54)cc3-c3cc(-c4cccnc4)nc(-c4ccccn4)n3)n2)nc1. The molecule has 0 saturated carbocycles. The molecule has 0 bridgehead atoms. The summed E-state index contributed by atoms with van der Waals surface area (Å²) >= 11 is 3.57. The highest BCUT2D eigenvalue weighted by atomic mass is 32.2. The Kier molecular flexibility index (Phi) is 11.5. The van der Waals surface area contributed by atoms with Crippen LogP contribution in [0.4, 0.5) is 34.1 Å². The maximum Gasteiger partial charge on any atom is 0.179 e. The third-order valence-electron chi connectivity index (χ3n) is 13.4. The lowest BCUT2D eigenvalue weighted by Gasteiger charge is -2.34. The van der Waals surface area contributed by atoms with E-state index in [1.54, 1.807) is 48.3 Å². The van der Waals surface area contributed by atoms with E-state index < -0.39 is 0 Å². The van der Waals surface area contributed by atoms with E-state index in [1.807, 2.05) is 73.1 Å². The van der Waals surface area contributed by atoms with Crippen molar-refractivity contribution in [1.29, 1.82) is 0 Å². The van der Waals surface area contributed by atoms with E-state index in [-0.39, 0.29) is 0 Å². The van der Waals surface area contributed by atoms with Gasteiger partial charge < -0.3 is 9.80 Å². The molecule has 6 aromatic carbocycles. The Hall–Kier alpha value is -9.62. The molecule has 0 atom stereocenters. The van der Waals surface area contributed by atoms with Crippen LogP contribution in [0.15, 0.2) is 263 Å². The van der Waals surface area contributed by atoms with Gasteiger partial charge >= 0.3 is 0 Å². The summed E-state index contributed by atoms with van der Waals surface area (Å²) in [7, 11) is 0. The summed E-state index contributed by atoms with van der Waals surface area (Å²) in [5.41, 5.74) is 15.8. The molecule has 0 N–H and O–H groups in total. The molecular weight excluding hydrogens is 973 g/mol. The Bertz CT molecular complexity index is 3670. The average molecular weight is 1010 g/mol. The van der Waals surface area contributed by atoms with E-state index >= 15 is 0 Å². The maximum absolute atomic E-state index is 5.44. The van der Waals surface area contributed by atoms with E-state index in [4.69, 9.17) is 29.9 Å². The van der Waals surface area contributed by atoms with Crippen LogP contribution in [-0.2, 0) is 0 Å². The topological polar surface area (TPSA) is 110 Å². The van der Waals surface area contributed by atoms with E-state index in [0.29, 0.717) is 45.8 Å². The maximum atomic E-state index is 5.44. The molecule has 0 unspecified atom stereocenters. The monoisotopic (exact) mass is 1010 g/mol. The van der Waals surface area contributed by atoms with Gasteiger partial charge in [0.05, 0.1) is 45.5 Å². The molecule has 0 saturated heterocycles. The zero-order chi connectivity index (χ0) is 50.4. The molecule has 6 aromatic heterocycles. The first-order chi connectivity index (χ1) is 37.7. The largest absolute Gasteiger partial charge is 0.308 e. The van der Waals surface area contributed by atoms with Gasteiger partial charge in [0.25, 0.3) is 0 Å². The molecule has 0 radical (unpaired) electrons. The van der Waals surface area contributed by atoms with Crippen LogP contribution >= 0.6 is 23.5 Å². The summed E-state index contributed by atoms with van der Waals surface area (Å²) in [6.07, 6.45) is 10.8. The average Bonchev–Trinajstić information content (AvgIpc) is 3.51. The number of anilines is 6. The Morgan fingerprint density at radius 1 is 0.289 bits per heavy atom. The number of hydrogen-bond donors (Lipinski definition) is 0. The van der Waals surface area contributed by atoms with Gasteiger partial charge in [0.2, 0.25) is 0 Å². The molecule has 10 nitrogen and oxygen atoms in total. The van der Waals surface area contributed by atoms with Crippen molar-refractivity contribution in [3.8, 4) is 79.2 Å². The van der Waals surface area contributed by atoms with Crippen LogP contribution < -0.4 is 9.80 Å². The lowest BCUT2D eigenvalue weighted by atomic mass is 9.90. The summed E-state index contributed by atoms with van der Waals surface area (Å²) in [6, 6.07) is 71.4. The normalized spacial score (nSPS) is 12.3. The predicted octanol–water partition coefficient (Wildman–Crippen LogP) is 16.4. The summed E-state index contributed by atoms with van der Waals surface area (Å²) in [5, 5.41) is 0. The highest BCUT2D eigenvalue weighted by Gasteiger charge is 2.29. The van der Waals surface area contributed by atoms with Crippen molar-refractivity contribution in [3.63, 3.8) is 0 Å². The van der Waals surface area contributed by atoms with Crippen molar-refractivity contribution in [1.82, 2.24) is 39.9 Å². The molecule has 358 valence electrons. The van der Waals surface area contributed by atoms with Crippen molar-refractivity contribution < 1.29 is 0 Å². The number of nitrogens with zero attached hydrogens (tertiary/aromatic N) is 10. The standard InChI is InChI=1S/C64H40N10S2/c1-5-23-59-55(19-1)73(56-20-2-6-24-60(56)75-59)43-27-29-45(47(35-43)53-37-51(41-15-13-31-65-39-41)69-63(71-53)49-17-9-11-33-67-49)46-30-28-44(74-57-21-3-7-25-61(57)76-62-26-8-4-22-58(62)74)36-48(46)54-38-52(42-16-14-32-66-40-42)70-64(72-54)50-18-10-12-34-68-50/h1-40H. The van der Waals surface area contributed by atoms with Crippen LogP contribution in [0.25, 0.3) is 79.2 Å². The number of fused-ring (bicyclic) bond motifs is 4. The Morgan fingerprint density at radius 3 is 1.04 bits per heavy atom. The molecule has 76 heavy (non-hydrogen) atoms. The van der Waals surface area contributed by atoms with E-state index in [0.717, 1.165) is 67.5 Å². The second-order valence-corrected chi connectivity index (χ2v) is 20.2. The third-order valence-corrected chi connectivity index (χ3v) is 15.6. The number of hydrogen-bond acceptors (Lipinski definition) is 12. The van der Waals surface area contributed by atoms with Crippen LogP contribution in [0.1, 0.15) is 0 Å². The lowest BCUT2D eigenvalue weighted by Crippen LogP contribution is -2.15. The zero-order valence-electron chi connectivity index (χ0n) is 40.4. The van der Waals surface area contributed by atoms with Gasteiger partial charge in [-0.05, 0) is 145 Å². The Balaban J connectivity index is 1.07. The zero-order valence-corrected chi connectivity index (χ0v) is 42.0. The van der Waals surface area contributed by atoms with Crippen LogP contribution in [0.2, 0.25) is 0 Å². The molecule has 0 fully saturated rings. The summed E-state index contributed by atoms with van der Waals surface area (Å²) in [5.74, 6) is 0.984. The number of rotatable bonds is 9. The van der Waals surface area contributed by atoms with Crippen LogP contribution in [0.5, 0.6) is 0 Å². The van der Waals surface area contributed by atoms with Gasteiger partial charge in [0.15, 0.2) is 11.6 Å². The van der Waals surface area contributed by atoms with Gasteiger partial charge in [-0.1, -0.05) is 96.3 Å². The third kappa shape index (κ3) is 8.31. The summed E-state index contributed by atoms with van der Waals surface area (Å²) in [6.45, 7) is 0. The molecule has 2 aliphatic rings. The number of para-hydroxylation sites is 4. The number of aromatic nitrogens is 8. The molecule has 12 aromatic rings. The van der Waals surface area contributed by atoms with Crippen LogP contribution in [-0.4, -0.2) is 39.9 Å². The fourth-order valence-electron chi connectivity index (χ4n) is 9.92. The first-order valence-electron chi connectivity index (χ1n) is 24.7. The minimum Gasteiger partial charge on any atom is -0.308 e. The van der Waals surface area contributed by atoms with Crippen LogP contribution in [0, 0.1) is 0 Å². The number of pyridine rings is 4. The molecular formula is C64H40N10S2. The van der Waals surface area contributed by atoms with Gasteiger partial charge in [-0.2, -0.15) is 0 Å². The van der Waals surface area contributed by atoms with Crippen molar-refractivity contribution in [3.05, 3.63) is 243 Å². The van der Waals surface area contributed by atoms with E-state index in [1.165, 1.54) is 19.6 Å². The van der Waals surface area contributed by atoms with Gasteiger partial charge in [0.1, 0.15) is 11.4 Å². The summed E-state index contributed by atoms with van der Waals surface area (Å²) in [4.78, 5) is 49.1. The first-order valence-corrected chi connectivity index (χ1v) is 26.3. The molecule has 14 rings (SSSR count). The van der Waals surface area contributed by atoms with Crippen molar-refractivity contribution >= 4 is 57.6 Å². The first kappa shape index (κ1) is 45.0. The van der Waals surface area contributed by atoms with Crippen LogP contribution in [0.3, 0.4) is 0 Å². The van der Waals surface area contributed by atoms with E-state index in [2.05, 4.69) is 165 Å². The van der Waals surface area contributed by atoms with Gasteiger partial charge in [-0.15, -0.1) is 0 Å². The van der Waals surface area contributed by atoms with E-state index in [9.17, 15) is 0 Å². The molecule has 0 spiro atoms. The minimum atomic E-state index is 0.492. The fourth-order valence-corrected chi connectivity index (χ4v) is 12.0. The molecule has 8 heterocycles. The Morgan fingerprint density at radius 2 is 0.671 bits per heavy atom. The molecule has 2 aliphatic heterocycles. The highest BCUT2D eigenvalue weighted by molar-refractivity contribution is 8.00. The second kappa shape index (κ2) is 19.3. The second-order valence-electron chi connectivity index (χ2n) is 18.0. The van der Waals surface area contributed by atoms with Gasteiger partial charge in [0, 0.05) is 90.4 Å². The summed E-state index contributed by atoms with van der Waals surface area (Å²) < 4.78 is 0. The Labute approximate surface area is 447 Å². The number of benzene rings is 6. The smallest absolute Gasteiger partial charge is 0.179 e. The molecule has 12 heteroatoms. The van der Waals surface area contributed by atoms with Crippen molar-refractivity contribution in [2.75, 3.05) is 9.80 Å². The minimum absolute atomic E-state index is 0.492. The molecule has 0 aliphatic carbocycles. The van der Waals surface area contributed by atoms with Crippen molar-refractivity contribution in [2.45, 2.75) is 19.6 Å². The highest BCUT2D eigenvalue weighted by Crippen LogP contribution is 2.55. The predicted molar refractivity (Wildman–Crippen MR) is 304 cm³/mol.